The van der Waals surface area contributed by atoms with Crippen LogP contribution in [-0.4, -0.2) is 30.5 Å². The van der Waals surface area contributed by atoms with Gasteiger partial charge in [-0.2, -0.15) is 0 Å². The van der Waals surface area contributed by atoms with Crippen molar-refractivity contribution in [2.75, 3.05) is 13.2 Å². The molecule has 2 unspecified atom stereocenters. The maximum atomic E-state index is 9.51. The van der Waals surface area contributed by atoms with Crippen LogP contribution in [0.1, 0.15) is 18.4 Å². The van der Waals surface area contributed by atoms with Crippen LogP contribution in [0.2, 0.25) is 0 Å². The molecule has 1 heterocycles. The monoisotopic (exact) mass is 253 g/mol. The molecule has 1 aromatic carbocycles. The van der Waals surface area contributed by atoms with Crippen LogP contribution in [0.15, 0.2) is 29.2 Å². The lowest BCUT2D eigenvalue weighted by molar-refractivity contribution is -0.0395. The number of nitrogens with one attached hydrogen (secondary N) is 1. The second-order valence-electron chi connectivity index (χ2n) is 4.43. The Kier molecular flexibility index (Phi) is 4.86. The van der Waals surface area contributed by atoms with E-state index in [1.54, 1.807) is 11.9 Å². The molecule has 0 amide bonds. The zero-order valence-electron chi connectivity index (χ0n) is 10.1. The Bertz CT molecular complexity index is 342. The van der Waals surface area contributed by atoms with Crippen molar-refractivity contribution >= 4 is 11.9 Å². The standard InChI is InChI=1S/C13H19NO2S/c1-10-2-4-13(5-3-10)17-14-9-12-8-11(15)6-7-16-12/h2-5,11-12,14-15H,6-9H2,1H3. The maximum Gasteiger partial charge on any atom is 0.0733 e. The first-order valence-electron chi connectivity index (χ1n) is 6.00. The van der Waals surface area contributed by atoms with Gasteiger partial charge in [0.1, 0.15) is 0 Å². The first kappa shape index (κ1) is 12.9. The molecule has 2 atom stereocenters. The summed E-state index contributed by atoms with van der Waals surface area (Å²) in [4.78, 5) is 1.20. The van der Waals surface area contributed by atoms with Gasteiger partial charge in [-0.15, -0.1) is 0 Å². The molecule has 17 heavy (non-hydrogen) atoms. The Morgan fingerprint density at radius 3 is 2.88 bits per heavy atom. The van der Waals surface area contributed by atoms with Gasteiger partial charge in [-0.1, -0.05) is 17.7 Å². The van der Waals surface area contributed by atoms with E-state index in [9.17, 15) is 5.11 Å². The van der Waals surface area contributed by atoms with Gasteiger partial charge < -0.3 is 9.84 Å². The van der Waals surface area contributed by atoms with Crippen molar-refractivity contribution in [3.05, 3.63) is 29.8 Å². The van der Waals surface area contributed by atoms with E-state index in [4.69, 9.17) is 4.74 Å². The fourth-order valence-electron chi connectivity index (χ4n) is 1.83. The first-order valence-corrected chi connectivity index (χ1v) is 6.82. The maximum absolute atomic E-state index is 9.51. The topological polar surface area (TPSA) is 41.5 Å². The molecule has 94 valence electrons. The highest BCUT2D eigenvalue weighted by Crippen LogP contribution is 2.17. The summed E-state index contributed by atoms with van der Waals surface area (Å²) in [6.45, 7) is 3.53. The molecular weight excluding hydrogens is 234 g/mol. The number of aryl methyl sites for hydroxylation is 1. The third-order valence-corrected chi connectivity index (χ3v) is 3.68. The normalized spacial score (nSPS) is 24.8. The minimum absolute atomic E-state index is 0.136. The van der Waals surface area contributed by atoms with Crippen molar-refractivity contribution in [1.29, 1.82) is 0 Å². The molecule has 4 heteroatoms. The molecular formula is C13H19NO2S. The van der Waals surface area contributed by atoms with Gasteiger partial charge in [0.05, 0.1) is 12.2 Å². The number of hydrogen-bond donors (Lipinski definition) is 2. The predicted octanol–water partition coefficient (Wildman–Crippen LogP) is 2.13. The van der Waals surface area contributed by atoms with E-state index in [-0.39, 0.29) is 12.2 Å². The van der Waals surface area contributed by atoms with Crippen LogP contribution in [0.3, 0.4) is 0 Å². The van der Waals surface area contributed by atoms with Crippen LogP contribution in [0.4, 0.5) is 0 Å². The lowest BCUT2D eigenvalue weighted by atomic mass is 10.1. The van der Waals surface area contributed by atoms with E-state index in [1.165, 1.54) is 10.5 Å². The van der Waals surface area contributed by atoms with E-state index < -0.39 is 0 Å². The fraction of sp³-hybridized carbons (Fsp3) is 0.538. The minimum Gasteiger partial charge on any atom is -0.393 e. The molecule has 1 aliphatic heterocycles. The van der Waals surface area contributed by atoms with E-state index in [0.717, 1.165) is 19.4 Å². The lowest BCUT2D eigenvalue weighted by Crippen LogP contribution is -2.34. The molecule has 0 spiro atoms. The highest BCUT2D eigenvalue weighted by molar-refractivity contribution is 7.97. The third kappa shape index (κ3) is 4.32. The van der Waals surface area contributed by atoms with Gasteiger partial charge in [0.2, 0.25) is 0 Å². The minimum atomic E-state index is -0.195. The Morgan fingerprint density at radius 2 is 2.18 bits per heavy atom. The second-order valence-corrected chi connectivity index (χ2v) is 5.40. The number of rotatable bonds is 4. The number of aliphatic hydroxyl groups is 1. The molecule has 0 aliphatic carbocycles. The molecule has 0 aromatic heterocycles. The summed E-state index contributed by atoms with van der Waals surface area (Å²) < 4.78 is 8.86. The largest absolute Gasteiger partial charge is 0.393 e. The zero-order valence-corrected chi connectivity index (χ0v) is 10.9. The van der Waals surface area contributed by atoms with Crippen LogP contribution in [0, 0.1) is 6.92 Å². The number of aliphatic hydroxyl groups excluding tert-OH is 1. The lowest BCUT2D eigenvalue weighted by Gasteiger charge is -2.26. The number of ether oxygens (including phenoxy) is 1. The summed E-state index contributed by atoms with van der Waals surface area (Å²) in [5, 5.41) is 9.51. The van der Waals surface area contributed by atoms with Gasteiger partial charge in [-0.3, -0.25) is 4.72 Å². The summed E-state index contributed by atoms with van der Waals surface area (Å²) in [6.07, 6.45) is 1.44. The molecule has 0 saturated carbocycles. The van der Waals surface area contributed by atoms with Gasteiger partial charge in [0.25, 0.3) is 0 Å². The van der Waals surface area contributed by atoms with Crippen molar-refractivity contribution in [3.8, 4) is 0 Å². The highest BCUT2D eigenvalue weighted by Gasteiger charge is 2.20. The van der Waals surface area contributed by atoms with Crippen LogP contribution >= 0.6 is 11.9 Å². The molecule has 1 saturated heterocycles. The molecule has 2 N–H and O–H groups in total. The van der Waals surface area contributed by atoms with Gasteiger partial charge in [0.15, 0.2) is 0 Å². The van der Waals surface area contributed by atoms with Crippen LogP contribution in [-0.2, 0) is 4.74 Å². The Balaban J connectivity index is 1.70. The van der Waals surface area contributed by atoms with Gasteiger partial charge >= 0.3 is 0 Å². The average molecular weight is 253 g/mol. The summed E-state index contributed by atoms with van der Waals surface area (Å²) in [5.74, 6) is 0. The van der Waals surface area contributed by atoms with Crippen molar-refractivity contribution in [3.63, 3.8) is 0 Å². The third-order valence-electron chi connectivity index (χ3n) is 2.86. The Morgan fingerprint density at radius 1 is 1.41 bits per heavy atom. The zero-order chi connectivity index (χ0) is 12.1. The fourth-order valence-corrected chi connectivity index (χ4v) is 2.53. The van der Waals surface area contributed by atoms with E-state index in [1.807, 2.05) is 0 Å². The summed E-state index contributed by atoms with van der Waals surface area (Å²) in [5.41, 5.74) is 1.27. The number of hydrogen-bond acceptors (Lipinski definition) is 4. The Hall–Kier alpha value is -0.550. The molecule has 1 aromatic rings. The van der Waals surface area contributed by atoms with Crippen molar-refractivity contribution in [2.24, 2.45) is 0 Å². The summed E-state index contributed by atoms with van der Waals surface area (Å²) in [7, 11) is 0. The van der Waals surface area contributed by atoms with E-state index in [0.29, 0.717) is 6.61 Å². The van der Waals surface area contributed by atoms with E-state index in [2.05, 4.69) is 35.9 Å². The molecule has 1 aliphatic rings. The summed E-state index contributed by atoms with van der Waals surface area (Å²) >= 11 is 1.61. The van der Waals surface area contributed by atoms with Crippen LogP contribution in [0.25, 0.3) is 0 Å². The second kappa shape index (κ2) is 6.40. The SMILES string of the molecule is Cc1ccc(SNCC2CC(O)CCO2)cc1. The van der Waals surface area contributed by atoms with Crippen molar-refractivity contribution < 1.29 is 9.84 Å². The van der Waals surface area contributed by atoms with Crippen LogP contribution in [0.5, 0.6) is 0 Å². The highest BCUT2D eigenvalue weighted by atomic mass is 32.2. The quantitative estimate of drug-likeness (QED) is 0.807. The van der Waals surface area contributed by atoms with Gasteiger partial charge in [-0.25, -0.2) is 0 Å². The Labute approximate surface area is 107 Å². The number of benzene rings is 1. The van der Waals surface area contributed by atoms with Gasteiger partial charge in [-0.05, 0) is 37.4 Å². The van der Waals surface area contributed by atoms with E-state index >= 15 is 0 Å². The molecule has 1 fully saturated rings. The van der Waals surface area contributed by atoms with Crippen molar-refractivity contribution in [1.82, 2.24) is 4.72 Å². The molecule has 3 nitrogen and oxygen atoms in total. The smallest absolute Gasteiger partial charge is 0.0733 e. The van der Waals surface area contributed by atoms with Gasteiger partial charge in [0, 0.05) is 24.5 Å². The summed E-state index contributed by atoms with van der Waals surface area (Å²) in [6, 6.07) is 8.41. The predicted molar refractivity (Wildman–Crippen MR) is 70.0 cm³/mol. The molecule has 2 rings (SSSR count). The first-order chi connectivity index (χ1) is 8.24. The molecule has 0 radical (unpaired) electrons. The molecule has 0 bridgehead atoms. The van der Waals surface area contributed by atoms with Crippen LogP contribution < -0.4 is 4.72 Å². The average Bonchev–Trinajstić information content (AvgIpc) is 2.32. The van der Waals surface area contributed by atoms with Crippen molar-refractivity contribution in [2.45, 2.75) is 36.9 Å².